The van der Waals surface area contributed by atoms with Crippen molar-refractivity contribution in [3.8, 4) is 11.5 Å². The van der Waals surface area contributed by atoms with Crippen LogP contribution in [0.3, 0.4) is 0 Å². The summed E-state index contributed by atoms with van der Waals surface area (Å²) < 4.78 is 5.11. The third-order valence-electron chi connectivity index (χ3n) is 3.42. The highest BCUT2D eigenvalue weighted by Crippen LogP contribution is 2.31. The number of aliphatic imine (C=N–C) groups is 1. The van der Waals surface area contributed by atoms with Crippen molar-refractivity contribution in [2.75, 3.05) is 7.11 Å². The molecule has 0 radical (unpaired) electrons. The van der Waals surface area contributed by atoms with Crippen molar-refractivity contribution in [1.82, 2.24) is 0 Å². The Labute approximate surface area is 113 Å². The van der Waals surface area contributed by atoms with Crippen molar-refractivity contribution >= 4 is 11.8 Å². The van der Waals surface area contributed by atoms with E-state index in [1.165, 1.54) is 11.1 Å². The van der Waals surface area contributed by atoms with Crippen LogP contribution in [0.15, 0.2) is 40.0 Å². The number of phenols is 1. The molecule has 0 amide bonds. The molecule has 0 saturated carbocycles. The molecule has 1 aromatic rings. The van der Waals surface area contributed by atoms with E-state index in [0.29, 0.717) is 5.75 Å². The lowest BCUT2D eigenvalue weighted by Gasteiger charge is -2.05. The molecule has 1 aromatic carbocycles. The molecule has 0 saturated heterocycles. The summed E-state index contributed by atoms with van der Waals surface area (Å²) in [7, 11) is 1.55. The highest BCUT2D eigenvalue weighted by atomic mass is 16.5. The van der Waals surface area contributed by atoms with Crippen LogP contribution in [0.2, 0.25) is 0 Å². The molecule has 100 valence electrons. The summed E-state index contributed by atoms with van der Waals surface area (Å²) >= 11 is 0. The van der Waals surface area contributed by atoms with Gasteiger partial charge in [0.2, 0.25) is 0 Å². The van der Waals surface area contributed by atoms with Gasteiger partial charge in [-0.25, -0.2) is 0 Å². The van der Waals surface area contributed by atoms with E-state index < -0.39 is 0 Å². The Morgan fingerprint density at radius 3 is 2.63 bits per heavy atom. The predicted octanol–water partition coefficient (Wildman–Crippen LogP) is 3.94. The maximum Gasteiger partial charge on any atom is 0.161 e. The lowest BCUT2D eigenvalue weighted by atomic mass is 10.0. The zero-order chi connectivity index (χ0) is 14.0. The van der Waals surface area contributed by atoms with Crippen LogP contribution in [0.4, 0.5) is 0 Å². The van der Waals surface area contributed by atoms with Crippen molar-refractivity contribution in [1.29, 1.82) is 0 Å². The molecule has 0 aromatic heterocycles. The van der Waals surface area contributed by atoms with Crippen molar-refractivity contribution in [3.05, 3.63) is 40.6 Å². The Balaban J connectivity index is 2.41. The molecule has 1 heterocycles. The minimum Gasteiger partial charge on any atom is -0.504 e. The summed E-state index contributed by atoms with van der Waals surface area (Å²) in [5, 5.41) is 9.59. The highest BCUT2D eigenvalue weighted by Gasteiger charge is 2.15. The molecular weight excluding hydrogens is 238 g/mol. The van der Waals surface area contributed by atoms with Crippen LogP contribution < -0.4 is 4.74 Å². The van der Waals surface area contributed by atoms with Crippen molar-refractivity contribution in [2.24, 2.45) is 4.99 Å². The van der Waals surface area contributed by atoms with E-state index in [-0.39, 0.29) is 5.75 Å². The molecule has 0 fully saturated rings. The van der Waals surface area contributed by atoms with Crippen LogP contribution in [-0.2, 0) is 0 Å². The minimum absolute atomic E-state index is 0.150. The first kappa shape index (κ1) is 13.4. The summed E-state index contributed by atoms with van der Waals surface area (Å²) in [6, 6.07) is 5.30. The first-order valence-electron chi connectivity index (χ1n) is 6.41. The third-order valence-corrected chi connectivity index (χ3v) is 3.42. The Bertz CT molecular complexity index is 595. The van der Waals surface area contributed by atoms with E-state index in [9.17, 15) is 5.11 Å². The van der Waals surface area contributed by atoms with Crippen LogP contribution in [0.25, 0.3) is 6.08 Å². The number of ether oxygens (including phenoxy) is 1. The summed E-state index contributed by atoms with van der Waals surface area (Å²) in [4.78, 5) is 4.60. The third kappa shape index (κ3) is 2.55. The van der Waals surface area contributed by atoms with Crippen molar-refractivity contribution in [2.45, 2.75) is 27.2 Å². The van der Waals surface area contributed by atoms with Crippen LogP contribution in [-0.4, -0.2) is 17.9 Å². The van der Waals surface area contributed by atoms with Gasteiger partial charge in [-0.1, -0.05) is 13.0 Å². The molecule has 0 bridgehead atoms. The Morgan fingerprint density at radius 2 is 2.05 bits per heavy atom. The second kappa shape index (κ2) is 5.31. The number of aromatic hydroxyl groups is 1. The fourth-order valence-electron chi connectivity index (χ4n) is 2.36. The van der Waals surface area contributed by atoms with Gasteiger partial charge in [0.1, 0.15) is 0 Å². The van der Waals surface area contributed by atoms with Crippen LogP contribution >= 0.6 is 0 Å². The minimum atomic E-state index is 0.150. The fourth-order valence-corrected chi connectivity index (χ4v) is 2.36. The predicted molar refractivity (Wildman–Crippen MR) is 78.7 cm³/mol. The summed E-state index contributed by atoms with van der Waals surface area (Å²) in [5.41, 5.74) is 5.60. The smallest absolute Gasteiger partial charge is 0.161 e. The Kier molecular flexibility index (Phi) is 3.74. The van der Waals surface area contributed by atoms with Gasteiger partial charge in [-0.2, -0.15) is 0 Å². The molecule has 0 unspecified atom stereocenters. The monoisotopic (exact) mass is 257 g/mol. The number of phenolic OH excluding ortho intramolecular Hbond substituents is 1. The maximum atomic E-state index is 9.59. The molecule has 1 aliphatic heterocycles. The van der Waals surface area contributed by atoms with E-state index >= 15 is 0 Å². The van der Waals surface area contributed by atoms with Gasteiger partial charge < -0.3 is 9.84 Å². The van der Waals surface area contributed by atoms with Gasteiger partial charge in [0.25, 0.3) is 0 Å². The van der Waals surface area contributed by atoms with Crippen molar-refractivity contribution < 1.29 is 9.84 Å². The van der Waals surface area contributed by atoms with Gasteiger partial charge in [0, 0.05) is 5.71 Å². The standard InChI is InChI=1S/C16H19NO2/c1-5-13-10(2)14(17-11(13)3)8-12-6-7-15(18)16(9-12)19-4/h6-9,18H,5H2,1-4H3/b14-8+. The largest absolute Gasteiger partial charge is 0.504 e. The van der Waals surface area contributed by atoms with E-state index in [2.05, 4.69) is 18.8 Å². The molecular formula is C16H19NO2. The van der Waals surface area contributed by atoms with Crippen LogP contribution in [0.5, 0.6) is 11.5 Å². The SMILES string of the molecule is CCC1=C(C)/C(=C\c2ccc(O)c(OC)c2)N=C1C. The van der Waals surface area contributed by atoms with Gasteiger partial charge in [0.05, 0.1) is 12.8 Å². The average molecular weight is 257 g/mol. The van der Waals surface area contributed by atoms with Crippen molar-refractivity contribution in [3.63, 3.8) is 0 Å². The maximum absolute atomic E-state index is 9.59. The molecule has 3 nitrogen and oxygen atoms in total. The Hall–Kier alpha value is -2.03. The van der Waals surface area contributed by atoms with Gasteiger partial charge in [-0.05, 0) is 55.2 Å². The van der Waals surface area contributed by atoms with Crippen LogP contribution in [0, 0.1) is 0 Å². The summed E-state index contributed by atoms with van der Waals surface area (Å²) in [5.74, 6) is 0.627. The first-order chi connectivity index (χ1) is 9.06. The molecule has 3 heteroatoms. The average Bonchev–Trinajstić information content (AvgIpc) is 2.66. The van der Waals surface area contributed by atoms with E-state index in [1.54, 1.807) is 13.2 Å². The van der Waals surface area contributed by atoms with E-state index in [4.69, 9.17) is 4.74 Å². The number of nitrogens with zero attached hydrogens (tertiary/aromatic N) is 1. The number of hydrogen-bond donors (Lipinski definition) is 1. The number of hydrogen-bond acceptors (Lipinski definition) is 3. The van der Waals surface area contributed by atoms with Gasteiger partial charge >= 0.3 is 0 Å². The van der Waals surface area contributed by atoms with Gasteiger partial charge in [-0.3, -0.25) is 4.99 Å². The molecule has 0 aliphatic carbocycles. The molecule has 0 atom stereocenters. The highest BCUT2D eigenvalue weighted by molar-refractivity contribution is 6.03. The molecule has 0 spiro atoms. The summed E-state index contributed by atoms with van der Waals surface area (Å²) in [6.45, 7) is 6.28. The fraction of sp³-hybridized carbons (Fsp3) is 0.312. The Morgan fingerprint density at radius 1 is 1.32 bits per heavy atom. The lowest BCUT2D eigenvalue weighted by molar-refractivity contribution is 0.373. The zero-order valence-electron chi connectivity index (χ0n) is 11.8. The van der Waals surface area contributed by atoms with E-state index in [0.717, 1.165) is 23.4 Å². The number of methoxy groups -OCH3 is 1. The normalized spacial score (nSPS) is 17.1. The topological polar surface area (TPSA) is 41.8 Å². The molecule has 19 heavy (non-hydrogen) atoms. The summed E-state index contributed by atoms with van der Waals surface area (Å²) in [6.07, 6.45) is 3.01. The second-order valence-electron chi connectivity index (χ2n) is 4.62. The van der Waals surface area contributed by atoms with E-state index in [1.807, 2.05) is 25.1 Å². The number of allylic oxidation sites excluding steroid dienone is 2. The lowest BCUT2D eigenvalue weighted by Crippen LogP contribution is -1.91. The number of rotatable bonds is 3. The number of benzene rings is 1. The van der Waals surface area contributed by atoms with Crippen LogP contribution in [0.1, 0.15) is 32.8 Å². The van der Waals surface area contributed by atoms with Gasteiger partial charge in [-0.15, -0.1) is 0 Å². The molecule has 1 N–H and O–H groups in total. The quantitative estimate of drug-likeness (QED) is 0.891. The second-order valence-corrected chi connectivity index (χ2v) is 4.62. The molecule has 2 rings (SSSR count). The zero-order valence-corrected chi connectivity index (χ0v) is 11.8. The van der Waals surface area contributed by atoms with Gasteiger partial charge in [0.15, 0.2) is 11.5 Å². The molecule has 1 aliphatic rings. The first-order valence-corrected chi connectivity index (χ1v) is 6.41.